The number of rotatable bonds is 2. The second-order valence-corrected chi connectivity index (χ2v) is 4.61. The maximum absolute atomic E-state index is 11.3. The van der Waals surface area contributed by atoms with Crippen LogP contribution in [0.4, 0.5) is 0 Å². The summed E-state index contributed by atoms with van der Waals surface area (Å²) < 4.78 is 0. The maximum Gasteiger partial charge on any atom is 0.336 e. The molecule has 0 unspecified atom stereocenters. The molecule has 88 valence electrons. The van der Waals surface area contributed by atoms with Gasteiger partial charge in [0.1, 0.15) is 10.7 Å². The van der Waals surface area contributed by atoms with Crippen LogP contribution in [-0.2, 0) is 0 Å². The van der Waals surface area contributed by atoms with Crippen LogP contribution in [0.3, 0.4) is 0 Å². The molecular formula is C13H8N2O2S. The number of thiazole rings is 1. The van der Waals surface area contributed by atoms with Gasteiger partial charge >= 0.3 is 5.97 Å². The SMILES string of the molecule is O=C(O)c1cc(-c2nccs2)nc2ccccc12. The lowest BCUT2D eigenvalue weighted by molar-refractivity contribution is 0.0699. The number of benzene rings is 1. The number of aromatic carboxylic acids is 1. The highest BCUT2D eigenvalue weighted by molar-refractivity contribution is 7.13. The van der Waals surface area contributed by atoms with E-state index in [4.69, 9.17) is 0 Å². The van der Waals surface area contributed by atoms with Crippen LogP contribution < -0.4 is 0 Å². The summed E-state index contributed by atoms with van der Waals surface area (Å²) >= 11 is 1.44. The lowest BCUT2D eigenvalue weighted by atomic mass is 10.1. The molecule has 0 fully saturated rings. The quantitative estimate of drug-likeness (QED) is 0.765. The summed E-state index contributed by atoms with van der Waals surface area (Å²) in [6, 6.07) is 8.78. The number of carboxylic acid groups (broad SMARTS) is 1. The molecule has 0 aliphatic heterocycles. The van der Waals surface area contributed by atoms with Gasteiger partial charge in [0, 0.05) is 17.0 Å². The van der Waals surface area contributed by atoms with E-state index < -0.39 is 5.97 Å². The molecule has 5 heteroatoms. The molecule has 0 spiro atoms. The summed E-state index contributed by atoms with van der Waals surface area (Å²) in [6.45, 7) is 0. The van der Waals surface area contributed by atoms with Crippen LogP contribution in [0.5, 0.6) is 0 Å². The van der Waals surface area contributed by atoms with Crippen LogP contribution in [0.25, 0.3) is 21.6 Å². The van der Waals surface area contributed by atoms with Gasteiger partial charge in [0.2, 0.25) is 0 Å². The van der Waals surface area contributed by atoms with Crippen molar-refractivity contribution in [3.8, 4) is 10.7 Å². The summed E-state index contributed by atoms with van der Waals surface area (Å²) in [5.74, 6) is -0.952. The van der Waals surface area contributed by atoms with E-state index >= 15 is 0 Å². The van der Waals surface area contributed by atoms with Crippen molar-refractivity contribution in [2.24, 2.45) is 0 Å². The number of pyridine rings is 1. The Kier molecular flexibility index (Phi) is 2.53. The molecule has 18 heavy (non-hydrogen) atoms. The third kappa shape index (κ3) is 1.74. The van der Waals surface area contributed by atoms with Crippen molar-refractivity contribution in [3.63, 3.8) is 0 Å². The van der Waals surface area contributed by atoms with Crippen LogP contribution in [0.15, 0.2) is 41.9 Å². The summed E-state index contributed by atoms with van der Waals surface area (Å²) in [5, 5.41) is 12.5. The van der Waals surface area contributed by atoms with Crippen LogP contribution in [-0.4, -0.2) is 21.0 Å². The van der Waals surface area contributed by atoms with E-state index in [1.165, 1.54) is 11.3 Å². The van der Waals surface area contributed by atoms with Crippen LogP contribution in [0.2, 0.25) is 0 Å². The van der Waals surface area contributed by atoms with Gasteiger partial charge < -0.3 is 5.11 Å². The molecule has 0 saturated heterocycles. The second-order valence-electron chi connectivity index (χ2n) is 3.71. The Morgan fingerprint density at radius 2 is 2.11 bits per heavy atom. The molecule has 0 amide bonds. The van der Waals surface area contributed by atoms with E-state index in [9.17, 15) is 9.90 Å². The van der Waals surface area contributed by atoms with Crippen LogP contribution >= 0.6 is 11.3 Å². The number of para-hydroxylation sites is 1. The molecule has 3 rings (SSSR count). The van der Waals surface area contributed by atoms with E-state index in [-0.39, 0.29) is 5.56 Å². The Morgan fingerprint density at radius 3 is 2.83 bits per heavy atom. The van der Waals surface area contributed by atoms with Gasteiger partial charge in [-0.2, -0.15) is 0 Å². The molecule has 0 atom stereocenters. The number of hydrogen-bond donors (Lipinski definition) is 1. The normalized spacial score (nSPS) is 10.7. The molecule has 1 N–H and O–H groups in total. The Labute approximate surface area is 107 Å². The minimum Gasteiger partial charge on any atom is -0.478 e. The number of aromatic nitrogens is 2. The minimum absolute atomic E-state index is 0.255. The molecule has 3 aromatic rings. The third-order valence-electron chi connectivity index (χ3n) is 2.60. The van der Waals surface area contributed by atoms with Crippen molar-refractivity contribution >= 4 is 28.2 Å². The number of carbonyl (C=O) groups is 1. The van der Waals surface area contributed by atoms with Crippen LogP contribution in [0.1, 0.15) is 10.4 Å². The first kappa shape index (κ1) is 10.9. The summed E-state index contributed by atoms with van der Waals surface area (Å²) in [4.78, 5) is 19.9. The van der Waals surface area contributed by atoms with Crippen molar-refractivity contribution in [3.05, 3.63) is 47.5 Å². The van der Waals surface area contributed by atoms with E-state index in [2.05, 4.69) is 9.97 Å². The third-order valence-corrected chi connectivity index (χ3v) is 3.39. The van der Waals surface area contributed by atoms with Crippen molar-refractivity contribution in [2.75, 3.05) is 0 Å². The minimum atomic E-state index is -0.952. The zero-order valence-corrected chi connectivity index (χ0v) is 10.0. The number of carboxylic acids is 1. The molecule has 0 aliphatic rings. The first-order chi connectivity index (χ1) is 8.75. The first-order valence-electron chi connectivity index (χ1n) is 5.28. The summed E-state index contributed by atoms with van der Waals surface area (Å²) in [6.07, 6.45) is 1.68. The smallest absolute Gasteiger partial charge is 0.336 e. The predicted molar refractivity (Wildman–Crippen MR) is 69.8 cm³/mol. The largest absolute Gasteiger partial charge is 0.478 e. The topological polar surface area (TPSA) is 63.1 Å². The Bertz CT molecular complexity index is 723. The van der Waals surface area contributed by atoms with Gasteiger partial charge in [-0.05, 0) is 12.1 Å². The standard InChI is InChI=1S/C13H8N2O2S/c16-13(17)9-7-11(12-14-5-6-18-12)15-10-4-2-1-3-8(9)10/h1-7H,(H,16,17). The number of nitrogens with zero attached hydrogens (tertiary/aromatic N) is 2. The number of fused-ring (bicyclic) bond motifs is 1. The number of hydrogen-bond acceptors (Lipinski definition) is 4. The van der Waals surface area contributed by atoms with Gasteiger partial charge in [0.05, 0.1) is 11.1 Å². The molecule has 0 saturated carbocycles. The van der Waals surface area contributed by atoms with Crippen molar-refractivity contribution in [2.45, 2.75) is 0 Å². The van der Waals surface area contributed by atoms with Gasteiger partial charge in [-0.1, -0.05) is 18.2 Å². The van der Waals surface area contributed by atoms with Gasteiger partial charge in [0.15, 0.2) is 0 Å². The van der Waals surface area contributed by atoms with E-state index in [1.54, 1.807) is 30.5 Å². The predicted octanol–water partition coefficient (Wildman–Crippen LogP) is 3.06. The maximum atomic E-state index is 11.3. The lowest BCUT2D eigenvalue weighted by Gasteiger charge is -2.04. The Hall–Kier alpha value is -2.27. The monoisotopic (exact) mass is 256 g/mol. The van der Waals surface area contributed by atoms with E-state index in [0.717, 1.165) is 5.01 Å². The van der Waals surface area contributed by atoms with E-state index in [1.807, 2.05) is 11.4 Å². The molecule has 0 radical (unpaired) electrons. The fourth-order valence-corrected chi connectivity index (χ4v) is 2.41. The van der Waals surface area contributed by atoms with Crippen LogP contribution in [0, 0.1) is 0 Å². The Balaban J connectivity index is 2.33. The zero-order chi connectivity index (χ0) is 12.5. The van der Waals surface area contributed by atoms with Crippen molar-refractivity contribution in [1.82, 2.24) is 9.97 Å². The molecule has 1 aromatic carbocycles. The lowest BCUT2D eigenvalue weighted by Crippen LogP contribution is -2.00. The van der Waals surface area contributed by atoms with Gasteiger partial charge in [-0.25, -0.2) is 14.8 Å². The highest BCUT2D eigenvalue weighted by Crippen LogP contribution is 2.25. The van der Waals surface area contributed by atoms with Gasteiger partial charge in [0.25, 0.3) is 0 Å². The fraction of sp³-hybridized carbons (Fsp3) is 0. The summed E-state index contributed by atoms with van der Waals surface area (Å²) in [7, 11) is 0. The van der Waals surface area contributed by atoms with Crippen molar-refractivity contribution < 1.29 is 9.90 Å². The molecule has 0 aliphatic carbocycles. The Morgan fingerprint density at radius 1 is 1.28 bits per heavy atom. The zero-order valence-electron chi connectivity index (χ0n) is 9.20. The molecule has 2 aromatic heterocycles. The molecular weight excluding hydrogens is 248 g/mol. The molecule has 2 heterocycles. The average molecular weight is 256 g/mol. The van der Waals surface area contributed by atoms with Gasteiger partial charge in [-0.3, -0.25) is 0 Å². The highest BCUT2D eigenvalue weighted by atomic mass is 32.1. The molecule has 4 nitrogen and oxygen atoms in total. The molecule has 0 bridgehead atoms. The van der Waals surface area contributed by atoms with Gasteiger partial charge in [-0.15, -0.1) is 11.3 Å². The van der Waals surface area contributed by atoms with E-state index in [0.29, 0.717) is 16.6 Å². The summed E-state index contributed by atoms with van der Waals surface area (Å²) in [5.41, 5.74) is 1.52. The second kappa shape index (κ2) is 4.19. The highest BCUT2D eigenvalue weighted by Gasteiger charge is 2.13. The fourth-order valence-electron chi connectivity index (χ4n) is 1.81. The average Bonchev–Trinajstić information content (AvgIpc) is 2.91. The first-order valence-corrected chi connectivity index (χ1v) is 6.16. The van der Waals surface area contributed by atoms with Crippen molar-refractivity contribution in [1.29, 1.82) is 0 Å².